The fourth-order valence-corrected chi connectivity index (χ4v) is 3.49. The van der Waals surface area contributed by atoms with Crippen molar-refractivity contribution in [2.45, 2.75) is 77.5 Å². The Morgan fingerprint density at radius 2 is 1.76 bits per heavy atom. The number of ether oxygens (including phenoxy) is 1. The van der Waals surface area contributed by atoms with E-state index in [4.69, 9.17) is 4.74 Å². The first-order valence-electron chi connectivity index (χ1n) is 8.46. The third-order valence-electron chi connectivity index (χ3n) is 4.94. The lowest BCUT2D eigenvalue weighted by molar-refractivity contribution is 0.0218. The van der Waals surface area contributed by atoms with Crippen LogP contribution in [0.2, 0.25) is 0 Å². The quantitative estimate of drug-likeness (QED) is 0.782. The lowest BCUT2D eigenvalue weighted by Gasteiger charge is -2.35. The Bertz CT molecular complexity index is 356. The topological polar surface area (TPSA) is 32.8 Å². The van der Waals surface area contributed by atoms with Crippen molar-refractivity contribution in [2.75, 3.05) is 20.1 Å². The van der Waals surface area contributed by atoms with Gasteiger partial charge in [0.15, 0.2) is 0 Å². The molecule has 0 radical (unpaired) electrons. The highest BCUT2D eigenvalue weighted by atomic mass is 16.6. The van der Waals surface area contributed by atoms with Gasteiger partial charge in [0.1, 0.15) is 5.60 Å². The molecule has 2 fully saturated rings. The van der Waals surface area contributed by atoms with E-state index in [2.05, 4.69) is 11.8 Å². The molecule has 21 heavy (non-hydrogen) atoms. The van der Waals surface area contributed by atoms with Gasteiger partial charge in [0.2, 0.25) is 0 Å². The number of carbonyl (C=O) groups is 1. The summed E-state index contributed by atoms with van der Waals surface area (Å²) in [6.07, 6.45) is 5.88. The van der Waals surface area contributed by atoms with Crippen LogP contribution in [0.1, 0.15) is 59.8 Å². The number of hydrogen-bond donors (Lipinski definition) is 0. The summed E-state index contributed by atoms with van der Waals surface area (Å²) in [5, 5.41) is 0. The van der Waals surface area contributed by atoms with Gasteiger partial charge >= 0.3 is 6.09 Å². The van der Waals surface area contributed by atoms with Gasteiger partial charge in [-0.05, 0) is 71.9 Å². The molecule has 0 aromatic carbocycles. The third kappa shape index (κ3) is 4.60. The van der Waals surface area contributed by atoms with Gasteiger partial charge in [0.05, 0.1) is 0 Å². The molecule has 0 unspecified atom stereocenters. The smallest absolute Gasteiger partial charge is 0.410 e. The van der Waals surface area contributed by atoms with Gasteiger partial charge in [-0.15, -0.1) is 0 Å². The van der Waals surface area contributed by atoms with Gasteiger partial charge in [-0.2, -0.15) is 0 Å². The zero-order valence-corrected chi connectivity index (χ0v) is 14.4. The minimum Gasteiger partial charge on any atom is -0.444 e. The molecule has 4 heteroatoms. The first kappa shape index (κ1) is 16.6. The molecule has 0 bridgehead atoms. The molecule has 122 valence electrons. The molecular weight excluding hydrogens is 264 g/mol. The highest BCUT2D eigenvalue weighted by molar-refractivity contribution is 5.68. The number of piperidine rings is 1. The summed E-state index contributed by atoms with van der Waals surface area (Å²) in [4.78, 5) is 16.6. The van der Waals surface area contributed by atoms with Crippen LogP contribution in [0.25, 0.3) is 0 Å². The average molecular weight is 296 g/mol. The van der Waals surface area contributed by atoms with Crippen LogP contribution in [-0.2, 0) is 4.74 Å². The van der Waals surface area contributed by atoms with E-state index in [0.29, 0.717) is 12.1 Å². The van der Waals surface area contributed by atoms with Crippen molar-refractivity contribution in [1.29, 1.82) is 0 Å². The molecule has 1 heterocycles. The maximum Gasteiger partial charge on any atom is 0.410 e. The molecule has 0 spiro atoms. The number of rotatable bonds is 2. The molecule has 1 aliphatic carbocycles. The fraction of sp³-hybridized carbons (Fsp3) is 0.941. The van der Waals surface area contributed by atoms with Gasteiger partial charge in [0, 0.05) is 19.1 Å². The molecule has 4 nitrogen and oxygen atoms in total. The van der Waals surface area contributed by atoms with E-state index >= 15 is 0 Å². The second-order valence-electron chi connectivity index (χ2n) is 7.93. The van der Waals surface area contributed by atoms with Gasteiger partial charge in [-0.25, -0.2) is 4.79 Å². The lowest BCUT2D eigenvalue weighted by Crippen LogP contribution is -2.42. The lowest BCUT2D eigenvalue weighted by atomic mass is 9.97. The Morgan fingerprint density at radius 3 is 2.33 bits per heavy atom. The van der Waals surface area contributed by atoms with Crippen LogP contribution < -0.4 is 0 Å². The van der Waals surface area contributed by atoms with Crippen LogP contribution in [0.3, 0.4) is 0 Å². The molecule has 1 saturated carbocycles. The molecule has 2 aliphatic rings. The highest BCUT2D eigenvalue weighted by Crippen LogP contribution is 2.30. The van der Waals surface area contributed by atoms with E-state index in [1.807, 2.05) is 32.7 Å². The number of likely N-dealkylation sites (tertiary alicyclic amines) is 1. The molecule has 0 aromatic rings. The van der Waals surface area contributed by atoms with Crippen LogP contribution in [0.15, 0.2) is 0 Å². The van der Waals surface area contributed by atoms with Crippen molar-refractivity contribution in [3.8, 4) is 0 Å². The Morgan fingerprint density at radius 1 is 1.14 bits per heavy atom. The second-order valence-corrected chi connectivity index (χ2v) is 7.93. The Kier molecular flexibility index (Phi) is 5.18. The minimum absolute atomic E-state index is 0.180. The van der Waals surface area contributed by atoms with Crippen molar-refractivity contribution in [3.63, 3.8) is 0 Å². The van der Waals surface area contributed by atoms with Gasteiger partial charge in [-0.1, -0.05) is 6.92 Å². The highest BCUT2D eigenvalue weighted by Gasteiger charge is 2.35. The molecule has 1 aliphatic heterocycles. The molecular formula is C17H32N2O2. The van der Waals surface area contributed by atoms with E-state index in [1.165, 1.54) is 32.4 Å². The third-order valence-corrected chi connectivity index (χ3v) is 4.94. The molecule has 2 atom stereocenters. The Labute approximate surface area is 129 Å². The molecule has 2 rings (SSSR count). The normalized spacial score (nSPS) is 28.6. The van der Waals surface area contributed by atoms with Gasteiger partial charge in [0.25, 0.3) is 0 Å². The standard InChI is InChI=1S/C17H32N2O2/c1-13-8-10-19(11-9-13)15-7-6-14(12-15)18(5)16(20)21-17(2,3)4/h13-15H,6-12H2,1-5H3/t14-,15+/m1/s1. The summed E-state index contributed by atoms with van der Waals surface area (Å²) in [7, 11) is 1.89. The summed E-state index contributed by atoms with van der Waals surface area (Å²) in [5.74, 6) is 0.878. The van der Waals surface area contributed by atoms with Crippen molar-refractivity contribution >= 4 is 6.09 Å². The van der Waals surface area contributed by atoms with E-state index < -0.39 is 5.60 Å². The minimum atomic E-state index is -0.410. The van der Waals surface area contributed by atoms with Crippen LogP contribution in [0.4, 0.5) is 4.79 Å². The van der Waals surface area contributed by atoms with E-state index in [-0.39, 0.29) is 6.09 Å². The molecule has 0 N–H and O–H groups in total. The molecule has 0 aromatic heterocycles. The van der Waals surface area contributed by atoms with Crippen LogP contribution >= 0.6 is 0 Å². The maximum atomic E-state index is 12.2. The van der Waals surface area contributed by atoms with E-state index in [1.54, 1.807) is 0 Å². The zero-order chi connectivity index (χ0) is 15.6. The first-order chi connectivity index (χ1) is 9.76. The van der Waals surface area contributed by atoms with Crippen molar-refractivity contribution < 1.29 is 9.53 Å². The van der Waals surface area contributed by atoms with Crippen molar-refractivity contribution in [2.24, 2.45) is 5.92 Å². The predicted molar refractivity (Wildman–Crippen MR) is 85.4 cm³/mol. The number of carbonyl (C=O) groups excluding carboxylic acids is 1. The second kappa shape index (κ2) is 6.55. The zero-order valence-electron chi connectivity index (χ0n) is 14.4. The number of nitrogens with zero attached hydrogens (tertiary/aromatic N) is 2. The van der Waals surface area contributed by atoms with Gasteiger partial charge in [-0.3, -0.25) is 0 Å². The average Bonchev–Trinajstić information content (AvgIpc) is 2.86. The molecule has 1 amide bonds. The summed E-state index contributed by atoms with van der Waals surface area (Å²) in [6, 6.07) is 0.997. The van der Waals surface area contributed by atoms with Gasteiger partial charge < -0.3 is 14.5 Å². The Balaban J connectivity index is 1.83. The summed E-state index contributed by atoms with van der Waals surface area (Å²) < 4.78 is 5.48. The Hall–Kier alpha value is -0.770. The number of hydrogen-bond acceptors (Lipinski definition) is 3. The van der Waals surface area contributed by atoms with Crippen LogP contribution in [0, 0.1) is 5.92 Å². The SMILES string of the molecule is CC1CCN([C@H]2CC[C@@H](N(C)C(=O)OC(C)(C)C)C2)CC1. The monoisotopic (exact) mass is 296 g/mol. The van der Waals surface area contributed by atoms with E-state index in [9.17, 15) is 4.79 Å². The van der Waals surface area contributed by atoms with Crippen LogP contribution in [-0.4, -0.2) is 53.7 Å². The number of amides is 1. The first-order valence-corrected chi connectivity index (χ1v) is 8.46. The predicted octanol–water partition coefficient (Wildman–Crippen LogP) is 3.51. The summed E-state index contributed by atoms with van der Waals surface area (Å²) in [6.45, 7) is 10.6. The van der Waals surface area contributed by atoms with E-state index in [0.717, 1.165) is 18.8 Å². The van der Waals surface area contributed by atoms with Crippen molar-refractivity contribution in [3.05, 3.63) is 0 Å². The fourth-order valence-electron chi connectivity index (χ4n) is 3.49. The summed E-state index contributed by atoms with van der Waals surface area (Å²) in [5.41, 5.74) is -0.410. The summed E-state index contributed by atoms with van der Waals surface area (Å²) >= 11 is 0. The largest absolute Gasteiger partial charge is 0.444 e. The maximum absolute atomic E-state index is 12.2. The van der Waals surface area contributed by atoms with Crippen LogP contribution in [0.5, 0.6) is 0 Å². The molecule has 1 saturated heterocycles. The van der Waals surface area contributed by atoms with Crippen molar-refractivity contribution in [1.82, 2.24) is 9.80 Å².